The van der Waals surface area contributed by atoms with Gasteiger partial charge >= 0.3 is 0 Å². The molecule has 5 nitrogen and oxygen atoms in total. The van der Waals surface area contributed by atoms with Crippen LogP contribution in [0, 0.1) is 5.92 Å². The highest BCUT2D eigenvalue weighted by molar-refractivity contribution is 5.97. The zero-order valence-corrected chi connectivity index (χ0v) is 13.6. The first kappa shape index (κ1) is 17.3. The van der Waals surface area contributed by atoms with Crippen molar-refractivity contribution >= 4 is 17.3 Å². The molecule has 3 N–H and O–H groups in total. The fraction of sp³-hybridized carbons (Fsp3) is 0.562. The van der Waals surface area contributed by atoms with Gasteiger partial charge < -0.3 is 15.8 Å². The molecule has 5 heteroatoms. The molecule has 0 aliphatic heterocycles. The predicted octanol–water partition coefficient (Wildman–Crippen LogP) is 2.58. The Morgan fingerprint density at radius 2 is 2.05 bits per heavy atom. The SMILES string of the molecule is COc1ccc(NC(=O)C(C)N(C)CCC(C)C)c(N)c1. The number of anilines is 2. The lowest BCUT2D eigenvalue weighted by atomic mass is 10.1. The molecule has 0 spiro atoms. The molecule has 0 saturated carbocycles. The van der Waals surface area contributed by atoms with Crippen molar-refractivity contribution in [3.63, 3.8) is 0 Å². The summed E-state index contributed by atoms with van der Waals surface area (Å²) in [5.41, 5.74) is 7.03. The van der Waals surface area contributed by atoms with Crippen molar-refractivity contribution in [1.82, 2.24) is 4.90 Å². The Morgan fingerprint density at radius 1 is 1.38 bits per heavy atom. The van der Waals surface area contributed by atoms with Gasteiger partial charge in [0.15, 0.2) is 0 Å². The highest BCUT2D eigenvalue weighted by atomic mass is 16.5. The topological polar surface area (TPSA) is 67.6 Å². The molecule has 0 bridgehead atoms. The Morgan fingerprint density at radius 3 is 2.57 bits per heavy atom. The predicted molar refractivity (Wildman–Crippen MR) is 87.6 cm³/mol. The van der Waals surface area contributed by atoms with E-state index in [1.54, 1.807) is 25.3 Å². The molecule has 0 aliphatic carbocycles. The van der Waals surface area contributed by atoms with E-state index >= 15 is 0 Å². The molecule has 21 heavy (non-hydrogen) atoms. The molecule has 1 unspecified atom stereocenters. The third kappa shape index (κ3) is 5.27. The normalized spacial score (nSPS) is 12.5. The van der Waals surface area contributed by atoms with E-state index in [0.717, 1.165) is 13.0 Å². The van der Waals surface area contributed by atoms with E-state index < -0.39 is 0 Å². The summed E-state index contributed by atoms with van der Waals surface area (Å²) in [6.07, 6.45) is 1.07. The smallest absolute Gasteiger partial charge is 0.241 e. The van der Waals surface area contributed by atoms with Crippen molar-refractivity contribution < 1.29 is 9.53 Å². The maximum absolute atomic E-state index is 12.3. The number of methoxy groups -OCH3 is 1. The first-order chi connectivity index (χ1) is 9.85. The van der Waals surface area contributed by atoms with E-state index in [1.165, 1.54) is 0 Å². The van der Waals surface area contributed by atoms with Crippen LogP contribution in [0.1, 0.15) is 27.2 Å². The molecule has 0 heterocycles. The molecule has 1 atom stereocenters. The Labute approximate surface area is 127 Å². The number of ether oxygens (including phenoxy) is 1. The van der Waals surface area contributed by atoms with Crippen LogP contribution in [0.2, 0.25) is 0 Å². The van der Waals surface area contributed by atoms with Gasteiger partial charge in [-0.25, -0.2) is 0 Å². The van der Waals surface area contributed by atoms with Crippen LogP contribution >= 0.6 is 0 Å². The van der Waals surface area contributed by atoms with E-state index in [1.807, 2.05) is 14.0 Å². The molecule has 0 saturated heterocycles. The molecule has 1 amide bonds. The van der Waals surface area contributed by atoms with E-state index in [4.69, 9.17) is 10.5 Å². The highest BCUT2D eigenvalue weighted by Crippen LogP contribution is 2.24. The number of rotatable bonds is 7. The first-order valence-electron chi connectivity index (χ1n) is 7.29. The van der Waals surface area contributed by atoms with Gasteiger partial charge in [0, 0.05) is 6.07 Å². The summed E-state index contributed by atoms with van der Waals surface area (Å²) in [4.78, 5) is 14.3. The molecule has 0 radical (unpaired) electrons. The van der Waals surface area contributed by atoms with Crippen molar-refractivity contribution in [2.24, 2.45) is 5.92 Å². The average molecular weight is 293 g/mol. The Balaban J connectivity index is 2.63. The number of nitrogens with one attached hydrogen (secondary N) is 1. The molecule has 1 aromatic carbocycles. The van der Waals surface area contributed by atoms with E-state index in [9.17, 15) is 4.79 Å². The fourth-order valence-electron chi connectivity index (χ4n) is 1.87. The van der Waals surface area contributed by atoms with Crippen LogP contribution in [-0.2, 0) is 4.79 Å². The van der Waals surface area contributed by atoms with E-state index in [0.29, 0.717) is 23.0 Å². The molecule has 1 aromatic rings. The lowest BCUT2D eigenvalue weighted by molar-refractivity contribution is -0.120. The van der Waals surface area contributed by atoms with Crippen LogP contribution in [0.15, 0.2) is 18.2 Å². The second kappa shape index (κ2) is 7.88. The van der Waals surface area contributed by atoms with Gasteiger partial charge in [-0.15, -0.1) is 0 Å². The van der Waals surface area contributed by atoms with Crippen LogP contribution in [0.25, 0.3) is 0 Å². The monoisotopic (exact) mass is 293 g/mol. The summed E-state index contributed by atoms with van der Waals surface area (Å²) < 4.78 is 5.09. The Hall–Kier alpha value is -1.75. The number of amides is 1. The molecular weight excluding hydrogens is 266 g/mol. The van der Waals surface area contributed by atoms with Gasteiger partial charge in [-0.3, -0.25) is 9.69 Å². The van der Waals surface area contributed by atoms with E-state index in [-0.39, 0.29) is 11.9 Å². The number of benzene rings is 1. The van der Waals surface area contributed by atoms with E-state index in [2.05, 4.69) is 24.1 Å². The third-order valence-electron chi connectivity index (χ3n) is 3.62. The van der Waals surface area contributed by atoms with Gasteiger partial charge in [-0.05, 0) is 45.0 Å². The minimum atomic E-state index is -0.203. The second-order valence-electron chi connectivity index (χ2n) is 5.78. The van der Waals surface area contributed by atoms with Crippen LogP contribution in [0.3, 0.4) is 0 Å². The second-order valence-corrected chi connectivity index (χ2v) is 5.78. The number of carbonyl (C=O) groups is 1. The lowest BCUT2D eigenvalue weighted by Crippen LogP contribution is -2.40. The molecule has 0 aliphatic rings. The van der Waals surface area contributed by atoms with Crippen LogP contribution in [-0.4, -0.2) is 37.6 Å². The van der Waals surface area contributed by atoms with Crippen molar-refractivity contribution in [3.8, 4) is 5.75 Å². The van der Waals surface area contributed by atoms with Crippen molar-refractivity contribution in [2.45, 2.75) is 33.2 Å². The molecule has 118 valence electrons. The van der Waals surface area contributed by atoms with Crippen molar-refractivity contribution in [1.29, 1.82) is 0 Å². The number of likely N-dealkylation sites (N-methyl/N-ethyl adjacent to an activating group) is 1. The number of nitrogens with zero attached hydrogens (tertiary/aromatic N) is 1. The summed E-state index contributed by atoms with van der Waals surface area (Å²) in [7, 11) is 3.54. The minimum absolute atomic E-state index is 0.0573. The number of nitrogen functional groups attached to an aromatic ring is 1. The minimum Gasteiger partial charge on any atom is -0.497 e. The highest BCUT2D eigenvalue weighted by Gasteiger charge is 2.18. The van der Waals surface area contributed by atoms with Crippen LogP contribution in [0.4, 0.5) is 11.4 Å². The third-order valence-corrected chi connectivity index (χ3v) is 3.62. The summed E-state index contributed by atoms with van der Waals surface area (Å²) in [5, 5.41) is 2.87. The Kier molecular flexibility index (Phi) is 6.49. The largest absolute Gasteiger partial charge is 0.497 e. The summed E-state index contributed by atoms with van der Waals surface area (Å²) in [6.45, 7) is 7.15. The standard InChI is InChI=1S/C16H27N3O2/c1-11(2)8-9-19(4)12(3)16(20)18-15-7-6-13(21-5)10-14(15)17/h6-7,10-12H,8-9,17H2,1-5H3,(H,18,20). The van der Waals surface area contributed by atoms with Gasteiger partial charge in [0.1, 0.15) is 5.75 Å². The first-order valence-corrected chi connectivity index (χ1v) is 7.29. The summed E-state index contributed by atoms with van der Waals surface area (Å²) in [5.74, 6) is 1.24. The zero-order valence-electron chi connectivity index (χ0n) is 13.6. The van der Waals surface area contributed by atoms with Crippen molar-refractivity contribution in [3.05, 3.63) is 18.2 Å². The number of nitrogens with two attached hydrogens (primary N) is 1. The van der Waals surface area contributed by atoms with Gasteiger partial charge in [0.2, 0.25) is 5.91 Å². The van der Waals surface area contributed by atoms with Gasteiger partial charge in [-0.2, -0.15) is 0 Å². The molecule has 1 rings (SSSR count). The summed E-state index contributed by atoms with van der Waals surface area (Å²) >= 11 is 0. The van der Waals surface area contributed by atoms with Crippen LogP contribution < -0.4 is 15.8 Å². The van der Waals surface area contributed by atoms with Gasteiger partial charge in [0.25, 0.3) is 0 Å². The van der Waals surface area contributed by atoms with Gasteiger partial charge in [0.05, 0.1) is 24.5 Å². The van der Waals surface area contributed by atoms with Crippen LogP contribution in [0.5, 0.6) is 5.75 Å². The fourth-order valence-corrected chi connectivity index (χ4v) is 1.87. The Bertz CT molecular complexity index is 475. The lowest BCUT2D eigenvalue weighted by Gasteiger charge is -2.24. The number of hydrogen-bond acceptors (Lipinski definition) is 4. The maximum atomic E-state index is 12.3. The number of carbonyl (C=O) groups excluding carboxylic acids is 1. The van der Waals surface area contributed by atoms with Gasteiger partial charge in [-0.1, -0.05) is 13.8 Å². The number of hydrogen-bond donors (Lipinski definition) is 2. The quantitative estimate of drug-likeness (QED) is 0.758. The maximum Gasteiger partial charge on any atom is 0.241 e. The molecular formula is C16H27N3O2. The average Bonchev–Trinajstić information content (AvgIpc) is 2.45. The zero-order chi connectivity index (χ0) is 16.0. The molecule has 0 aromatic heterocycles. The summed E-state index contributed by atoms with van der Waals surface area (Å²) in [6, 6.07) is 5.03. The molecule has 0 fully saturated rings. The van der Waals surface area contributed by atoms with Crippen molar-refractivity contribution in [2.75, 3.05) is 31.8 Å².